The summed E-state index contributed by atoms with van der Waals surface area (Å²) in [6, 6.07) is 13.0. The molecule has 2 aromatic rings. The van der Waals surface area contributed by atoms with Crippen LogP contribution in [0.25, 0.3) is 0 Å². The number of ether oxygens (including phenoxy) is 3. The molecule has 0 aromatic heterocycles. The molecule has 0 spiro atoms. The normalized spacial score (nSPS) is 12.0. The third-order valence-corrected chi connectivity index (χ3v) is 7.40. The number of hydrogen-bond acceptors (Lipinski definition) is 9. The Morgan fingerprint density at radius 1 is 0.872 bits per heavy atom. The zero-order valence-electron chi connectivity index (χ0n) is 28.2. The number of carbonyl (C=O) groups is 3. The fraction of sp³-hybridized carbons (Fsp3) is 0.545. The maximum absolute atomic E-state index is 13.1. The molecule has 14 heteroatoms. The van der Waals surface area contributed by atoms with Crippen LogP contribution in [0.1, 0.15) is 77.3 Å². The number of nitrogens with zero attached hydrogens (tertiary/aromatic N) is 1. The van der Waals surface area contributed by atoms with E-state index in [1.54, 1.807) is 0 Å². The van der Waals surface area contributed by atoms with Gasteiger partial charge in [0, 0.05) is 18.8 Å². The van der Waals surface area contributed by atoms with Gasteiger partial charge in [0.2, 0.25) is 6.79 Å². The number of benzene rings is 2. The number of aryl methyl sites for hydroxylation is 1. The summed E-state index contributed by atoms with van der Waals surface area (Å²) < 4.78 is 29.7. The van der Waals surface area contributed by atoms with Crippen molar-refractivity contribution in [3.63, 3.8) is 0 Å². The Morgan fingerprint density at radius 2 is 1.51 bits per heavy atom. The van der Waals surface area contributed by atoms with E-state index in [-0.39, 0.29) is 38.0 Å². The summed E-state index contributed by atoms with van der Waals surface area (Å²) in [5.41, 5.74) is 4.10. The summed E-state index contributed by atoms with van der Waals surface area (Å²) in [7, 11) is -4.53. The van der Waals surface area contributed by atoms with E-state index in [9.17, 15) is 18.9 Å². The van der Waals surface area contributed by atoms with Gasteiger partial charge in [0.15, 0.2) is 0 Å². The number of hydrogen-bond donors (Lipinski definition) is 4. The first-order valence-corrected chi connectivity index (χ1v) is 17.4. The van der Waals surface area contributed by atoms with Gasteiger partial charge in [-0.1, -0.05) is 58.4 Å². The minimum atomic E-state index is -4.53. The van der Waals surface area contributed by atoms with Gasteiger partial charge in [-0.05, 0) is 73.8 Å². The van der Waals surface area contributed by atoms with Crippen LogP contribution in [-0.2, 0) is 28.1 Å². The molecule has 0 saturated carbocycles. The lowest BCUT2D eigenvalue weighted by molar-refractivity contribution is -0.153. The largest absolute Gasteiger partial charge is 0.511 e. The molecule has 0 aliphatic rings. The maximum Gasteiger partial charge on any atom is 0.511 e. The van der Waals surface area contributed by atoms with Crippen LogP contribution in [-0.4, -0.2) is 61.0 Å². The topological polar surface area (TPSA) is 173 Å². The molecule has 0 fully saturated rings. The molecule has 2 rings (SSSR count). The number of phosphoric acid groups is 1. The molecule has 4 N–H and O–H groups in total. The van der Waals surface area contributed by atoms with Gasteiger partial charge in [0.05, 0.1) is 31.0 Å². The van der Waals surface area contributed by atoms with Crippen molar-refractivity contribution >= 4 is 43.0 Å². The van der Waals surface area contributed by atoms with Crippen molar-refractivity contribution in [2.75, 3.05) is 48.6 Å². The van der Waals surface area contributed by atoms with Crippen LogP contribution < -0.4 is 15.5 Å². The molecule has 2 aromatic carbocycles. The molecule has 47 heavy (non-hydrogen) atoms. The second-order valence-corrected chi connectivity index (χ2v) is 13.4. The fourth-order valence-corrected chi connectivity index (χ4v) is 5.11. The van der Waals surface area contributed by atoms with Gasteiger partial charge < -0.3 is 39.5 Å². The first-order valence-electron chi connectivity index (χ1n) is 15.9. The Kier molecular flexibility index (Phi) is 16.7. The Hall–Kier alpha value is -3.64. The molecular formula is C33H50N3O10P. The number of phosphoric ester groups is 1. The summed E-state index contributed by atoms with van der Waals surface area (Å²) in [5, 5.41) is 5.92. The molecule has 0 radical (unpaired) electrons. The van der Waals surface area contributed by atoms with Gasteiger partial charge in [0.25, 0.3) is 0 Å². The lowest BCUT2D eigenvalue weighted by Gasteiger charge is -2.31. The van der Waals surface area contributed by atoms with Crippen LogP contribution in [0, 0.1) is 18.8 Å². The van der Waals surface area contributed by atoms with Gasteiger partial charge in [-0.15, -0.1) is 0 Å². The van der Waals surface area contributed by atoms with E-state index in [2.05, 4.69) is 47.8 Å². The van der Waals surface area contributed by atoms with Crippen molar-refractivity contribution in [2.45, 2.75) is 73.1 Å². The first-order chi connectivity index (χ1) is 22.2. The summed E-state index contributed by atoms with van der Waals surface area (Å²) >= 11 is 0. The Balaban J connectivity index is 2.06. The number of nitrogens with one attached hydrogen (secondary N) is 2. The minimum absolute atomic E-state index is 0.0184. The van der Waals surface area contributed by atoms with E-state index in [0.29, 0.717) is 36.1 Å². The Labute approximate surface area is 277 Å². The van der Waals surface area contributed by atoms with Crippen LogP contribution in [0.3, 0.4) is 0 Å². The second kappa shape index (κ2) is 19.9. The number of urea groups is 1. The van der Waals surface area contributed by atoms with Crippen LogP contribution in [0.15, 0.2) is 42.5 Å². The average Bonchev–Trinajstić information content (AvgIpc) is 2.97. The lowest BCUT2D eigenvalue weighted by atomic mass is 9.92. The molecule has 262 valence electrons. The molecule has 13 nitrogen and oxygen atoms in total. The SMILES string of the molecule is CCC(CC(=O)OCOC(=O)OCCCCOP(=O)(O)O)c1ccc(N(CC(C)C)CC(C)C)c(NC(=O)Nc2ccc(C)cc2)c1. The van der Waals surface area contributed by atoms with Crippen LogP contribution in [0.4, 0.5) is 26.7 Å². The molecule has 0 aliphatic heterocycles. The van der Waals surface area contributed by atoms with Gasteiger partial charge in [-0.25, -0.2) is 14.2 Å². The molecule has 1 atom stereocenters. The predicted molar refractivity (Wildman–Crippen MR) is 180 cm³/mol. The number of carbonyl (C=O) groups excluding carboxylic acids is 3. The quantitative estimate of drug-likeness (QED) is 0.0512. The van der Waals surface area contributed by atoms with Crippen LogP contribution in [0.2, 0.25) is 0 Å². The highest BCUT2D eigenvalue weighted by atomic mass is 31.2. The number of unbranched alkanes of at least 4 members (excludes halogenated alkanes) is 1. The Bertz CT molecular complexity index is 1320. The highest BCUT2D eigenvalue weighted by Crippen LogP contribution is 2.36. The summed E-state index contributed by atoms with van der Waals surface area (Å²) in [5.74, 6) is -0.0368. The standard InChI is InChI=1S/C33H50N3O10P/c1-7-26(19-31(37)44-22-45-33(39)43-16-8-9-17-46-47(40,41)42)27-12-15-30(36(20-23(2)3)21-24(4)5)29(18-27)35-32(38)34-28-13-10-25(6)11-14-28/h10-15,18,23-24,26H,7-9,16-17,19-22H2,1-6H3,(H2,34,35,38)(H2,40,41,42). The third-order valence-electron chi connectivity index (χ3n) is 6.88. The van der Waals surface area contributed by atoms with Crippen molar-refractivity contribution in [3.8, 4) is 0 Å². The zero-order valence-corrected chi connectivity index (χ0v) is 29.1. The molecule has 0 bridgehead atoms. The fourth-order valence-electron chi connectivity index (χ4n) is 4.74. The molecule has 0 heterocycles. The maximum atomic E-state index is 13.1. The minimum Gasteiger partial charge on any atom is -0.434 e. The van der Waals surface area contributed by atoms with Gasteiger partial charge in [0.1, 0.15) is 0 Å². The number of anilines is 3. The van der Waals surface area contributed by atoms with E-state index in [1.807, 2.05) is 56.3 Å². The number of amides is 2. The van der Waals surface area contributed by atoms with Crippen LogP contribution >= 0.6 is 7.82 Å². The monoisotopic (exact) mass is 679 g/mol. The average molecular weight is 680 g/mol. The van der Waals surface area contributed by atoms with E-state index in [4.69, 9.17) is 24.0 Å². The van der Waals surface area contributed by atoms with Crippen molar-refractivity contribution in [3.05, 3.63) is 53.6 Å². The second-order valence-electron chi connectivity index (χ2n) is 12.1. The predicted octanol–water partition coefficient (Wildman–Crippen LogP) is 7.18. The van der Waals surface area contributed by atoms with Crippen molar-refractivity contribution < 1.29 is 47.5 Å². The molecular weight excluding hydrogens is 629 g/mol. The van der Waals surface area contributed by atoms with Gasteiger partial charge in [-0.2, -0.15) is 0 Å². The van der Waals surface area contributed by atoms with Gasteiger partial charge in [-0.3, -0.25) is 9.32 Å². The Morgan fingerprint density at radius 3 is 2.11 bits per heavy atom. The van der Waals surface area contributed by atoms with Gasteiger partial charge >= 0.3 is 26.0 Å². The summed E-state index contributed by atoms with van der Waals surface area (Å²) in [6.45, 7) is 13.2. The van der Waals surface area contributed by atoms with E-state index in [1.165, 1.54) is 0 Å². The summed E-state index contributed by atoms with van der Waals surface area (Å²) in [6.07, 6.45) is 0.144. The highest BCUT2D eigenvalue weighted by molar-refractivity contribution is 7.46. The third kappa shape index (κ3) is 16.2. The zero-order chi connectivity index (χ0) is 35.0. The molecule has 0 aliphatic carbocycles. The molecule has 1 unspecified atom stereocenters. The number of rotatable bonds is 19. The molecule has 0 saturated heterocycles. The highest BCUT2D eigenvalue weighted by Gasteiger charge is 2.21. The van der Waals surface area contributed by atoms with Crippen LogP contribution in [0.5, 0.6) is 0 Å². The van der Waals surface area contributed by atoms with E-state index in [0.717, 1.165) is 29.9 Å². The lowest BCUT2D eigenvalue weighted by Crippen LogP contribution is -2.32. The first kappa shape index (κ1) is 39.5. The van der Waals surface area contributed by atoms with E-state index < -0.39 is 26.7 Å². The van der Waals surface area contributed by atoms with E-state index >= 15 is 0 Å². The molecule has 2 amide bonds. The smallest absolute Gasteiger partial charge is 0.434 e. The van der Waals surface area contributed by atoms with Crippen molar-refractivity contribution in [1.82, 2.24) is 0 Å². The summed E-state index contributed by atoms with van der Waals surface area (Å²) in [4.78, 5) is 57.1. The van der Waals surface area contributed by atoms with Crippen molar-refractivity contribution in [1.29, 1.82) is 0 Å². The number of esters is 1. The van der Waals surface area contributed by atoms with Crippen molar-refractivity contribution in [2.24, 2.45) is 11.8 Å².